The summed E-state index contributed by atoms with van der Waals surface area (Å²) in [6.45, 7) is -3.04. The molecule has 0 radical (unpaired) electrons. The fraction of sp³-hybridized carbons (Fsp3) is 0.500. The van der Waals surface area contributed by atoms with Gasteiger partial charge in [-0.1, -0.05) is 12.1 Å². The van der Waals surface area contributed by atoms with Crippen LogP contribution in [0.1, 0.15) is 5.56 Å². The van der Waals surface area contributed by atoms with E-state index in [4.69, 9.17) is 10.2 Å². The topological polar surface area (TPSA) is 208 Å². The highest BCUT2D eigenvalue weighted by molar-refractivity contribution is 5.73. The Kier molecular flexibility index (Phi) is 12.9. The van der Waals surface area contributed by atoms with Gasteiger partial charge in [0.25, 0.3) is 0 Å². The maximum atomic E-state index is 11.5. The number of nitrogens with zero attached hydrogens (tertiary/aromatic N) is 3. The SMILES string of the molecule is CNc1ccc(C[C@@H](CN(CCN(CC(=O)O)CC(=O)O)CC(=O)O)N(CC(=O)O)CC(=O)O)cc1. The molecule has 1 atom stereocenters. The van der Waals surface area contributed by atoms with Crippen LogP contribution in [0.25, 0.3) is 0 Å². The molecule has 0 heterocycles. The highest BCUT2D eigenvalue weighted by Crippen LogP contribution is 2.15. The molecule has 0 unspecified atom stereocenters. The Morgan fingerprint density at radius 3 is 1.53 bits per heavy atom. The van der Waals surface area contributed by atoms with Gasteiger partial charge in [-0.05, 0) is 24.1 Å². The third kappa shape index (κ3) is 12.6. The first-order valence-corrected chi connectivity index (χ1v) is 10.9. The Hall–Kier alpha value is -3.75. The number of nitrogens with one attached hydrogen (secondary N) is 1. The number of rotatable bonds is 19. The second-order valence-corrected chi connectivity index (χ2v) is 8.12. The van der Waals surface area contributed by atoms with E-state index in [0.29, 0.717) is 0 Å². The highest BCUT2D eigenvalue weighted by atomic mass is 16.4. The van der Waals surface area contributed by atoms with E-state index in [0.717, 1.165) is 16.2 Å². The van der Waals surface area contributed by atoms with E-state index in [1.807, 2.05) is 0 Å². The summed E-state index contributed by atoms with van der Waals surface area (Å²) >= 11 is 0. The average molecular weight is 513 g/mol. The Morgan fingerprint density at radius 1 is 0.694 bits per heavy atom. The van der Waals surface area contributed by atoms with Crippen LogP contribution in [0.4, 0.5) is 5.69 Å². The lowest BCUT2D eigenvalue weighted by Crippen LogP contribution is -2.51. The van der Waals surface area contributed by atoms with Crippen molar-refractivity contribution in [1.29, 1.82) is 0 Å². The van der Waals surface area contributed by atoms with Crippen LogP contribution in [0, 0.1) is 0 Å². The van der Waals surface area contributed by atoms with Crippen LogP contribution in [0.3, 0.4) is 0 Å². The molecule has 0 fully saturated rings. The Labute approximate surface area is 207 Å². The highest BCUT2D eigenvalue weighted by Gasteiger charge is 2.27. The van der Waals surface area contributed by atoms with Gasteiger partial charge in [0.2, 0.25) is 0 Å². The Bertz CT molecular complexity index is 877. The summed E-state index contributed by atoms with van der Waals surface area (Å²) in [6.07, 6.45) is 0.203. The molecule has 1 rings (SSSR count). The van der Waals surface area contributed by atoms with Gasteiger partial charge in [-0.3, -0.25) is 38.7 Å². The van der Waals surface area contributed by atoms with Crippen LogP contribution < -0.4 is 5.32 Å². The first kappa shape index (κ1) is 30.3. The smallest absolute Gasteiger partial charge is 0.317 e. The van der Waals surface area contributed by atoms with Crippen molar-refractivity contribution in [2.45, 2.75) is 12.5 Å². The molecule has 1 aromatic carbocycles. The molecule has 0 spiro atoms. The second-order valence-electron chi connectivity index (χ2n) is 8.12. The van der Waals surface area contributed by atoms with Crippen molar-refractivity contribution in [2.75, 3.05) is 64.7 Å². The number of carbonyl (C=O) groups is 5. The summed E-state index contributed by atoms with van der Waals surface area (Å²) in [5, 5.41) is 49.1. The second kappa shape index (κ2) is 15.3. The summed E-state index contributed by atoms with van der Waals surface area (Å²) in [5.41, 5.74) is 1.58. The Morgan fingerprint density at radius 2 is 1.11 bits per heavy atom. The minimum Gasteiger partial charge on any atom is -0.480 e. The van der Waals surface area contributed by atoms with E-state index in [-0.39, 0.29) is 26.1 Å². The largest absolute Gasteiger partial charge is 0.480 e. The Balaban J connectivity index is 3.20. The number of anilines is 1. The van der Waals surface area contributed by atoms with Crippen LogP contribution in [0.15, 0.2) is 24.3 Å². The quantitative estimate of drug-likeness (QED) is 0.131. The molecule has 0 aromatic heterocycles. The van der Waals surface area contributed by atoms with Gasteiger partial charge >= 0.3 is 29.8 Å². The number of benzene rings is 1. The lowest BCUT2D eigenvalue weighted by molar-refractivity contribution is -0.144. The van der Waals surface area contributed by atoms with E-state index in [1.54, 1.807) is 31.3 Å². The van der Waals surface area contributed by atoms with Gasteiger partial charge in [0.05, 0.1) is 32.7 Å². The van der Waals surface area contributed by atoms with E-state index < -0.39 is 68.6 Å². The first-order valence-electron chi connectivity index (χ1n) is 10.9. The lowest BCUT2D eigenvalue weighted by atomic mass is 10.0. The molecule has 0 aliphatic heterocycles. The number of carboxylic acids is 5. The van der Waals surface area contributed by atoms with Gasteiger partial charge in [0, 0.05) is 38.4 Å². The fourth-order valence-corrected chi connectivity index (χ4v) is 3.65. The summed E-state index contributed by atoms with van der Waals surface area (Å²) in [6, 6.07) is 6.40. The van der Waals surface area contributed by atoms with Gasteiger partial charge in [-0.15, -0.1) is 0 Å². The van der Waals surface area contributed by atoms with Crippen LogP contribution >= 0.6 is 0 Å². The summed E-state index contributed by atoms with van der Waals surface area (Å²) < 4.78 is 0. The van der Waals surface area contributed by atoms with Crippen LogP contribution in [-0.2, 0) is 30.4 Å². The van der Waals surface area contributed by atoms with Crippen molar-refractivity contribution in [3.8, 4) is 0 Å². The van der Waals surface area contributed by atoms with Gasteiger partial charge in [-0.25, -0.2) is 0 Å². The third-order valence-electron chi connectivity index (χ3n) is 5.19. The molecule has 14 heteroatoms. The molecule has 1 aromatic rings. The fourth-order valence-electron chi connectivity index (χ4n) is 3.65. The van der Waals surface area contributed by atoms with Crippen LogP contribution in [0.5, 0.6) is 0 Å². The van der Waals surface area contributed by atoms with Gasteiger partial charge in [0.15, 0.2) is 0 Å². The molecule has 0 aliphatic carbocycles. The van der Waals surface area contributed by atoms with Crippen LogP contribution in [0.2, 0.25) is 0 Å². The van der Waals surface area contributed by atoms with E-state index in [2.05, 4.69) is 5.32 Å². The van der Waals surface area contributed by atoms with Crippen LogP contribution in [-0.4, -0.2) is 136 Å². The minimum atomic E-state index is -1.26. The maximum Gasteiger partial charge on any atom is 0.317 e. The van der Waals surface area contributed by atoms with Crippen molar-refractivity contribution in [1.82, 2.24) is 14.7 Å². The lowest BCUT2D eigenvalue weighted by Gasteiger charge is -2.34. The summed E-state index contributed by atoms with van der Waals surface area (Å²) in [7, 11) is 1.74. The molecular formula is C22H32N4O10. The zero-order valence-electron chi connectivity index (χ0n) is 19.9. The standard InChI is InChI=1S/C22H32N4O10/c1-23-16-4-2-15(3-5-16)8-17(26(13-21(33)34)14-22(35)36)9-24(10-18(27)28)6-7-25(11-19(29)30)12-20(31)32/h2-5,17,23H,6-14H2,1H3,(H,27,28)(H,29,30)(H,31,32)(H,33,34)(H,35,36)/t17-/m0/s1. The molecule has 0 bridgehead atoms. The normalized spacial score (nSPS) is 12.0. The molecule has 6 N–H and O–H groups in total. The van der Waals surface area contributed by atoms with Crippen molar-refractivity contribution in [3.05, 3.63) is 29.8 Å². The number of carboxylic acid groups (broad SMARTS) is 5. The van der Waals surface area contributed by atoms with Gasteiger partial charge < -0.3 is 30.8 Å². The van der Waals surface area contributed by atoms with Crippen molar-refractivity contribution in [3.63, 3.8) is 0 Å². The third-order valence-corrected chi connectivity index (χ3v) is 5.19. The number of hydrogen-bond donors (Lipinski definition) is 6. The van der Waals surface area contributed by atoms with Gasteiger partial charge in [-0.2, -0.15) is 0 Å². The summed E-state index contributed by atoms with van der Waals surface area (Å²) in [4.78, 5) is 60.3. The molecule has 0 amide bonds. The molecule has 36 heavy (non-hydrogen) atoms. The van der Waals surface area contributed by atoms with Crippen molar-refractivity contribution >= 4 is 35.5 Å². The predicted molar refractivity (Wildman–Crippen MR) is 126 cm³/mol. The monoisotopic (exact) mass is 512 g/mol. The molecule has 0 aliphatic rings. The number of aliphatic carboxylic acids is 5. The van der Waals surface area contributed by atoms with E-state index in [1.165, 1.54) is 9.80 Å². The van der Waals surface area contributed by atoms with Crippen molar-refractivity contribution in [2.24, 2.45) is 0 Å². The maximum absolute atomic E-state index is 11.5. The zero-order chi connectivity index (χ0) is 27.3. The minimum absolute atomic E-state index is 0.0456. The molecule has 0 saturated carbocycles. The average Bonchev–Trinajstić information content (AvgIpc) is 2.75. The summed E-state index contributed by atoms with van der Waals surface area (Å²) in [5.74, 6) is -6.23. The van der Waals surface area contributed by atoms with E-state index in [9.17, 15) is 39.3 Å². The predicted octanol–water partition coefficient (Wildman–Crippen LogP) is -1.03. The molecule has 0 saturated heterocycles. The molecular weight excluding hydrogens is 480 g/mol. The van der Waals surface area contributed by atoms with E-state index >= 15 is 0 Å². The molecule has 200 valence electrons. The molecule has 14 nitrogen and oxygen atoms in total. The van der Waals surface area contributed by atoms with Gasteiger partial charge in [0.1, 0.15) is 0 Å². The van der Waals surface area contributed by atoms with Crippen molar-refractivity contribution < 1.29 is 49.5 Å². The zero-order valence-corrected chi connectivity index (χ0v) is 19.9. The number of hydrogen-bond acceptors (Lipinski definition) is 9. The first-order chi connectivity index (χ1) is 16.9.